The molecule has 2 N–H and O–H groups in total. The summed E-state index contributed by atoms with van der Waals surface area (Å²) in [6.07, 6.45) is 0.278. The lowest BCUT2D eigenvalue weighted by Crippen LogP contribution is -2.24. The molecule has 20 heavy (non-hydrogen) atoms. The number of hydrogen-bond donors (Lipinski definition) is 2. The highest BCUT2D eigenvalue weighted by atomic mass is 32.1. The molecule has 2 rings (SSSR count). The smallest absolute Gasteiger partial charge is 0.225 e. The zero-order chi connectivity index (χ0) is 14.4. The second-order valence-electron chi connectivity index (χ2n) is 4.38. The first-order chi connectivity index (χ1) is 9.65. The van der Waals surface area contributed by atoms with E-state index in [0.717, 1.165) is 16.1 Å². The van der Waals surface area contributed by atoms with Crippen molar-refractivity contribution in [1.29, 1.82) is 0 Å². The third-order valence-corrected chi connectivity index (χ3v) is 3.63. The number of thiophene rings is 1. The summed E-state index contributed by atoms with van der Waals surface area (Å²) in [5.74, 6) is -0.183. The van der Waals surface area contributed by atoms with Crippen molar-refractivity contribution in [3.63, 3.8) is 0 Å². The maximum Gasteiger partial charge on any atom is 0.225 e. The number of nitrogens with one attached hydrogen (secondary N) is 2. The van der Waals surface area contributed by atoms with Gasteiger partial charge >= 0.3 is 0 Å². The fourth-order valence-electron chi connectivity index (χ4n) is 1.78. The van der Waals surface area contributed by atoms with Crippen LogP contribution < -0.4 is 10.6 Å². The second kappa shape index (κ2) is 6.86. The Morgan fingerprint density at radius 3 is 2.60 bits per heavy atom. The fourth-order valence-corrected chi connectivity index (χ4v) is 2.61. The van der Waals surface area contributed by atoms with E-state index in [1.165, 1.54) is 18.3 Å². The molecule has 1 heterocycles. The van der Waals surface area contributed by atoms with Crippen LogP contribution in [-0.2, 0) is 22.6 Å². The molecule has 5 heteroatoms. The number of hydrogen-bond acceptors (Lipinski definition) is 3. The van der Waals surface area contributed by atoms with Crippen molar-refractivity contribution < 1.29 is 9.59 Å². The van der Waals surface area contributed by atoms with Crippen molar-refractivity contribution in [3.8, 4) is 0 Å². The highest BCUT2D eigenvalue weighted by molar-refractivity contribution is 7.10. The minimum absolute atomic E-state index is 0.0529. The van der Waals surface area contributed by atoms with Gasteiger partial charge in [0, 0.05) is 18.3 Å². The summed E-state index contributed by atoms with van der Waals surface area (Å²) in [5.41, 5.74) is 1.78. The maximum atomic E-state index is 11.9. The van der Waals surface area contributed by atoms with Crippen LogP contribution in [-0.4, -0.2) is 11.8 Å². The second-order valence-corrected chi connectivity index (χ2v) is 5.38. The number of benzene rings is 1. The van der Waals surface area contributed by atoms with E-state index >= 15 is 0 Å². The van der Waals surface area contributed by atoms with Crippen LogP contribution in [0.3, 0.4) is 0 Å². The lowest BCUT2D eigenvalue weighted by molar-refractivity contribution is -0.120. The third-order valence-electron chi connectivity index (χ3n) is 2.71. The van der Waals surface area contributed by atoms with Gasteiger partial charge in [0.15, 0.2) is 0 Å². The van der Waals surface area contributed by atoms with E-state index in [-0.39, 0.29) is 18.2 Å². The molecule has 0 spiro atoms. The minimum atomic E-state index is -0.130. The summed E-state index contributed by atoms with van der Waals surface area (Å²) in [7, 11) is 0. The van der Waals surface area contributed by atoms with E-state index in [1.54, 1.807) is 0 Å². The van der Waals surface area contributed by atoms with Crippen LogP contribution in [0.5, 0.6) is 0 Å². The molecule has 0 radical (unpaired) electrons. The maximum absolute atomic E-state index is 11.9. The molecule has 1 aromatic heterocycles. The van der Waals surface area contributed by atoms with Gasteiger partial charge < -0.3 is 10.6 Å². The molecule has 104 valence electrons. The molecule has 0 saturated carbocycles. The monoisotopic (exact) mass is 288 g/mol. The van der Waals surface area contributed by atoms with Crippen LogP contribution in [0, 0.1) is 0 Å². The first-order valence-corrected chi connectivity index (χ1v) is 7.17. The van der Waals surface area contributed by atoms with Crippen molar-refractivity contribution in [2.75, 3.05) is 5.32 Å². The lowest BCUT2D eigenvalue weighted by Gasteiger charge is -2.06. The predicted molar refractivity (Wildman–Crippen MR) is 80.6 cm³/mol. The molecule has 1 aromatic carbocycles. The number of rotatable bonds is 5. The summed E-state index contributed by atoms with van der Waals surface area (Å²) >= 11 is 1.47. The highest BCUT2D eigenvalue weighted by Crippen LogP contribution is 2.22. The van der Waals surface area contributed by atoms with Crippen molar-refractivity contribution in [2.24, 2.45) is 0 Å². The molecule has 0 aliphatic heterocycles. The number of carbonyl (C=O) groups is 2. The average Bonchev–Trinajstić information content (AvgIpc) is 2.84. The molecule has 0 aliphatic carbocycles. The van der Waals surface area contributed by atoms with Gasteiger partial charge in [-0.25, -0.2) is 0 Å². The molecule has 0 aliphatic rings. The molecule has 0 saturated heterocycles. The highest BCUT2D eigenvalue weighted by Gasteiger charge is 2.10. The van der Waals surface area contributed by atoms with Gasteiger partial charge in [0.05, 0.1) is 12.1 Å². The Morgan fingerprint density at radius 1 is 1.15 bits per heavy atom. The van der Waals surface area contributed by atoms with Crippen LogP contribution >= 0.6 is 11.3 Å². The van der Waals surface area contributed by atoms with E-state index in [1.807, 2.05) is 41.8 Å². The largest absolute Gasteiger partial charge is 0.352 e. The van der Waals surface area contributed by atoms with Crippen LogP contribution in [0.4, 0.5) is 5.69 Å². The van der Waals surface area contributed by atoms with Gasteiger partial charge in [0.2, 0.25) is 11.8 Å². The fraction of sp³-hybridized carbons (Fsp3) is 0.200. The molecule has 2 aromatic rings. The van der Waals surface area contributed by atoms with Crippen molar-refractivity contribution in [3.05, 3.63) is 52.2 Å². The van der Waals surface area contributed by atoms with Crippen LogP contribution in [0.2, 0.25) is 0 Å². The van der Waals surface area contributed by atoms with E-state index in [9.17, 15) is 9.59 Å². The van der Waals surface area contributed by atoms with Crippen LogP contribution in [0.1, 0.15) is 17.4 Å². The van der Waals surface area contributed by atoms with Gasteiger partial charge in [-0.05, 0) is 17.0 Å². The standard InChI is InChI=1S/C15H16N2O2S/c1-11(18)17-13-7-8-20-14(13)9-15(19)16-10-12-5-3-2-4-6-12/h2-8H,9-10H2,1H3,(H,16,19)(H,17,18). The van der Waals surface area contributed by atoms with E-state index in [0.29, 0.717) is 6.54 Å². The number of anilines is 1. The van der Waals surface area contributed by atoms with E-state index in [2.05, 4.69) is 10.6 Å². The number of carbonyl (C=O) groups excluding carboxylic acids is 2. The Kier molecular flexibility index (Phi) is 4.90. The molecule has 2 amide bonds. The van der Waals surface area contributed by atoms with Crippen molar-refractivity contribution in [1.82, 2.24) is 5.32 Å². The van der Waals surface area contributed by atoms with Crippen molar-refractivity contribution in [2.45, 2.75) is 19.9 Å². The van der Waals surface area contributed by atoms with Crippen molar-refractivity contribution >= 4 is 28.8 Å². The quantitative estimate of drug-likeness (QED) is 0.888. The summed E-state index contributed by atoms with van der Waals surface area (Å²) in [4.78, 5) is 23.8. The van der Waals surface area contributed by atoms with Gasteiger partial charge in [-0.15, -0.1) is 11.3 Å². The normalized spacial score (nSPS) is 10.1. The molecule has 0 atom stereocenters. The van der Waals surface area contributed by atoms with Gasteiger partial charge in [-0.2, -0.15) is 0 Å². The Morgan fingerprint density at radius 2 is 1.90 bits per heavy atom. The minimum Gasteiger partial charge on any atom is -0.352 e. The number of amides is 2. The van der Waals surface area contributed by atoms with Crippen LogP contribution in [0.15, 0.2) is 41.8 Å². The SMILES string of the molecule is CC(=O)Nc1ccsc1CC(=O)NCc1ccccc1. The van der Waals surface area contributed by atoms with Gasteiger partial charge in [-0.3, -0.25) is 9.59 Å². The van der Waals surface area contributed by atoms with Gasteiger partial charge in [-0.1, -0.05) is 30.3 Å². The van der Waals surface area contributed by atoms with E-state index < -0.39 is 0 Å². The topological polar surface area (TPSA) is 58.2 Å². The lowest BCUT2D eigenvalue weighted by atomic mass is 10.2. The Bertz CT molecular complexity index is 593. The first-order valence-electron chi connectivity index (χ1n) is 6.29. The predicted octanol–water partition coefficient (Wildman–Crippen LogP) is 2.57. The molecular weight excluding hydrogens is 272 g/mol. The summed E-state index contributed by atoms with van der Waals surface area (Å²) in [6, 6.07) is 11.6. The molecule has 4 nitrogen and oxygen atoms in total. The Labute approximate surface area is 121 Å². The van der Waals surface area contributed by atoms with E-state index in [4.69, 9.17) is 0 Å². The summed E-state index contributed by atoms with van der Waals surface area (Å²) in [6.45, 7) is 1.97. The Hall–Kier alpha value is -2.14. The Balaban J connectivity index is 1.88. The van der Waals surface area contributed by atoms with Gasteiger partial charge in [0.25, 0.3) is 0 Å². The molecule has 0 fully saturated rings. The molecule has 0 bridgehead atoms. The zero-order valence-electron chi connectivity index (χ0n) is 11.2. The van der Waals surface area contributed by atoms with Crippen LogP contribution in [0.25, 0.3) is 0 Å². The third kappa shape index (κ3) is 4.20. The molecule has 0 unspecified atom stereocenters. The van der Waals surface area contributed by atoms with Gasteiger partial charge in [0.1, 0.15) is 0 Å². The molecular formula is C15H16N2O2S. The summed E-state index contributed by atoms with van der Waals surface area (Å²) < 4.78 is 0. The first kappa shape index (κ1) is 14.3. The summed E-state index contributed by atoms with van der Waals surface area (Å²) in [5, 5.41) is 7.46. The average molecular weight is 288 g/mol. The zero-order valence-corrected chi connectivity index (χ0v) is 12.0.